The summed E-state index contributed by atoms with van der Waals surface area (Å²) in [5.74, 6) is -3.57. The summed E-state index contributed by atoms with van der Waals surface area (Å²) in [6.07, 6.45) is 0. The second-order valence-electron chi connectivity index (χ2n) is 4.61. The van der Waals surface area contributed by atoms with Gasteiger partial charge in [-0.25, -0.2) is 18.0 Å². The van der Waals surface area contributed by atoms with Crippen molar-refractivity contribution >= 4 is 34.9 Å². The first kappa shape index (κ1) is 17.6. The highest BCUT2D eigenvalue weighted by molar-refractivity contribution is 6.30. The molecule has 0 spiro atoms. The van der Waals surface area contributed by atoms with E-state index in [0.717, 1.165) is 18.2 Å². The lowest BCUT2D eigenvalue weighted by Crippen LogP contribution is -2.36. The van der Waals surface area contributed by atoms with Gasteiger partial charge in [-0.3, -0.25) is 4.79 Å². The van der Waals surface area contributed by atoms with Gasteiger partial charge in [0.1, 0.15) is 5.82 Å². The Kier molecular flexibility index (Phi) is 5.64. The molecule has 5 nitrogen and oxygen atoms in total. The highest BCUT2D eigenvalue weighted by Crippen LogP contribution is 2.18. The first-order valence-electron chi connectivity index (χ1n) is 6.60. The number of amides is 3. The first-order valence-corrected chi connectivity index (χ1v) is 6.98. The van der Waals surface area contributed by atoms with Crippen LogP contribution in [-0.4, -0.2) is 18.5 Å². The second-order valence-corrected chi connectivity index (χ2v) is 5.05. The van der Waals surface area contributed by atoms with Crippen LogP contribution < -0.4 is 16.0 Å². The minimum Gasteiger partial charge on any atom is -0.329 e. The average molecular weight is 358 g/mol. The molecule has 2 rings (SSSR count). The smallest absolute Gasteiger partial charge is 0.319 e. The molecule has 0 bridgehead atoms. The van der Waals surface area contributed by atoms with Gasteiger partial charge in [0.2, 0.25) is 5.91 Å². The Morgan fingerprint density at radius 1 is 0.917 bits per heavy atom. The van der Waals surface area contributed by atoms with E-state index in [-0.39, 0.29) is 16.4 Å². The quantitative estimate of drug-likeness (QED) is 0.783. The van der Waals surface area contributed by atoms with E-state index in [2.05, 4.69) is 16.0 Å². The Morgan fingerprint density at radius 3 is 2.33 bits per heavy atom. The molecule has 126 valence electrons. The number of anilines is 2. The molecule has 0 aliphatic heterocycles. The third-order valence-electron chi connectivity index (χ3n) is 2.79. The van der Waals surface area contributed by atoms with Crippen molar-refractivity contribution in [2.45, 2.75) is 0 Å². The Balaban J connectivity index is 1.84. The van der Waals surface area contributed by atoms with Crippen LogP contribution in [-0.2, 0) is 4.79 Å². The van der Waals surface area contributed by atoms with Crippen LogP contribution in [0.25, 0.3) is 0 Å². The van der Waals surface area contributed by atoms with Crippen molar-refractivity contribution in [3.8, 4) is 0 Å². The van der Waals surface area contributed by atoms with Gasteiger partial charge in [0.15, 0.2) is 11.6 Å². The third-order valence-corrected chi connectivity index (χ3v) is 3.03. The van der Waals surface area contributed by atoms with Crippen LogP contribution >= 0.6 is 11.6 Å². The van der Waals surface area contributed by atoms with E-state index in [1.54, 1.807) is 0 Å². The van der Waals surface area contributed by atoms with Crippen molar-refractivity contribution in [3.63, 3.8) is 0 Å². The van der Waals surface area contributed by atoms with Crippen molar-refractivity contribution in [1.82, 2.24) is 5.32 Å². The molecule has 0 atom stereocenters. The monoisotopic (exact) mass is 357 g/mol. The van der Waals surface area contributed by atoms with Crippen LogP contribution in [0.1, 0.15) is 0 Å². The molecule has 0 aliphatic rings. The molecule has 0 unspecified atom stereocenters. The van der Waals surface area contributed by atoms with Crippen LogP contribution in [0, 0.1) is 17.5 Å². The zero-order chi connectivity index (χ0) is 17.7. The fourth-order valence-corrected chi connectivity index (χ4v) is 1.86. The minimum atomic E-state index is -1.11. The standard InChI is InChI=1S/C15H11ClF3N3O2/c16-8-1-4-13(12(19)5-8)22-15(24)20-7-14(23)21-9-2-3-10(17)11(18)6-9/h1-6H,7H2,(H,21,23)(H2,20,22,24). The molecule has 0 aromatic heterocycles. The summed E-state index contributed by atoms with van der Waals surface area (Å²) in [6, 6.07) is 5.67. The van der Waals surface area contributed by atoms with Crippen molar-refractivity contribution in [2.24, 2.45) is 0 Å². The summed E-state index contributed by atoms with van der Waals surface area (Å²) in [5, 5.41) is 6.83. The Labute approximate surface area is 139 Å². The summed E-state index contributed by atoms with van der Waals surface area (Å²) in [5.41, 5.74) is -0.0808. The molecular formula is C15H11ClF3N3O2. The predicted molar refractivity (Wildman–Crippen MR) is 83.4 cm³/mol. The van der Waals surface area contributed by atoms with Gasteiger partial charge in [-0.1, -0.05) is 11.6 Å². The number of nitrogens with one attached hydrogen (secondary N) is 3. The highest BCUT2D eigenvalue weighted by Gasteiger charge is 2.10. The molecule has 0 aliphatic carbocycles. The van der Waals surface area contributed by atoms with E-state index in [1.807, 2.05) is 0 Å². The van der Waals surface area contributed by atoms with Crippen molar-refractivity contribution in [3.05, 3.63) is 58.9 Å². The number of benzene rings is 2. The van der Waals surface area contributed by atoms with E-state index in [4.69, 9.17) is 11.6 Å². The minimum absolute atomic E-state index is 0.0323. The lowest BCUT2D eigenvalue weighted by molar-refractivity contribution is -0.115. The van der Waals surface area contributed by atoms with Crippen LogP contribution in [0.3, 0.4) is 0 Å². The number of hydrogen-bond acceptors (Lipinski definition) is 2. The van der Waals surface area contributed by atoms with Crippen molar-refractivity contribution in [2.75, 3.05) is 17.2 Å². The average Bonchev–Trinajstić information content (AvgIpc) is 2.52. The van der Waals surface area contributed by atoms with E-state index < -0.39 is 35.9 Å². The van der Waals surface area contributed by atoms with Gasteiger partial charge in [0.25, 0.3) is 0 Å². The fourth-order valence-electron chi connectivity index (χ4n) is 1.70. The summed E-state index contributed by atoms with van der Waals surface area (Å²) < 4.78 is 39.3. The Bertz CT molecular complexity index is 787. The molecule has 3 N–H and O–H groups in total. The molecule has 24 heavy (non-hydrogen) atoms. The molecule has 0 radical (unpaired) electrons. The normalized spacial score (nSPS) is 10.2. The van der Waals surface area contributed by atoms with Crippen molar-refractivity contribution in [1.29, 1.82) is 0 Å². The number of urea groups is 1. The maximum Gasteiger partial charge on any atom is 0.319 e. The van der Waals surface area contributed by atoms with Gasteiger partial charge < -0.3 is 16.0 Å². The number of carbonyl (C=O) groups is 2. The maximum atomic E-state index is 13.5. The van der Waals surface area contributed by atoms with Crippen LogP contribution in [0.5, 0.6) is 0 Å². The largest absolute Gasteiger partial charge is 0.329 e. The van der Waals surface area contributed by atoms with Crippen LogP contribution in [0.2, 0.25) is 5.02 Å². The van der Waals surface area contributed by atoms with Crippen molar-refractivity contribution < 1.29 is 22.8 Å². The maximum absolute atomic E-state index is 13.5. The van der Waals surface area contributed by atoms with E-state index >= 15 is 0 Å². The topological polar surface area (TPSA) is 70.2 Å². The van der Waals surface area contributed by atoms with Crippen LogP contribution in [0.15, 0.2) is 36.4 Å². The van der Waals surface area contributed by atoms with Gasteiger partial charge in [-0.2, -0.15) is 0 Å². The molecule has 2 aromatic rings. The Morgan fingerprint density at radius 2 is 1.67 bits per heavy atom. The molecule has 0 heterocycles. The molecule has 2 aromatic carbocycles. The zero-order valence-corrected chi connectivity index (χ0v) is 12.8. The summed E-state index contributed by atoms with van der Waals surface area (Å²) in [4.78, 5) is 23.2. The molecule has 9 heteroatoms. The summed E-state index contributed by atoms with van der Waals surface area (Å²) in [6.45, 7) is -0.458. The second kappa shape index (κ2) is 7.69. The molecule has 0 saturated carbocycles. The fraction of sp³-hybridized carbons (Fsp3) is 0.0667. The van der Waals surface area contributed by atoms with Gasteiger partial charge >= 0.3 is 6.03 Å². The molecule has 3 amide bonds. The zero-order valence-electron chi connectivity index (χ0n) is 12.0. The van der Waals surface area contributed by atoms with Gasteiger partial charge in [0, 0.05) is 16.8 Å². The van der Waals surface area contributed by atoms with Gasteiger partial charge in [-0.05, 0) is 30.3 Å². The lowest BCUT2D eigenvalue weighted by atomic mass is 10.3. The molecule has 0 fully saturated rings. The highest BCUT2D eigenvalue weighted by atomic mass is 35.5. The third kappa shape index (κ3) is 4.88. The summed E-state index contributed by atoms with van der Waals surface area (Å²) >= 11 is 5.58. The van der Waals surface area contributed by atoms with Gasteiger partial charge in [0.05, 0.1) is 12.2 Å². The number of rotatable bonds is 4. The molecule has 0 saturated heterocycles. The number of hydrogen-bond donors (Lipinski definition) is 3. The first-order chi connectivity index (χ1) is 11.3. The van der Waals surface area contributed by atoms with E-state index in [0.29, 0.717) is 0 Å². The lowest BCUT2D eigenvalue weighted by Gasteiger charge is -2.09. The van der Waals surface area contributed by atoms with E-state index in [1.165, 1.54) is 18.2 Å². The van der Waals surface area contributed by atoms with E-state index in [9.17, 15) is 22.8 Å². The Hall–Kier alpha value is -2.74. The predicted octanol–water partition coefficient (Wildman–Crippen LogP) is 3.52. The SMILES string of the molecule is O=C(CNC(=O)Nc1ccc(Cl)cc1F)Nc1ccc(F)c(F)c1. The summed E-state index contributed by atoms with van der Waals surface area (Å²) in [7, 11) is 0. The van der Waals surface area contributed by atoms with Crippen LogP contribution in [0.4, 0.5) is 29.3 Å². The molecular weight excluding hydrogens is 347 g/mol. The number of halogens is 4. The van der Waals surface area contributed by atoms with Gasteiger partial charge in [-0.15, -0.1) is 0 Å². The number of carbonyl (C=O) groups excluding carboxylic acids is 2.